The van der Waals surface area contributed by atoms with Gasteiger partial charge in [0.1, 0.15) is 17.1 Å². The van der Waals surface area contributed by atoms with Crippen LogP contribution in [-0.4, -0.2) is 40.2 Å². The molecule has 0 aliphatic heterocycles. The van der Waals surface area contributed by atoms with Crippen LogP contribution in [0, 0.1) is 0 Å². The Bertz CT molecular complexity index is 921. The molecule has 8 heteroatoms. The number of rotatable bonds is 6. The molecular weight excluding hydrogens is 356 g/mol. The molecule has 3 aromatic rings. The SMILES string of the molecule is O=C(COC(=O)c1ccc(O)cc1O)NCCc1nc2ccccc2s1. The van der Waals surface area contributed by atoms with E-state index >= 15 is 0 Å². The van der Waals surface area contributed by atoms with Crippen LogP contribution in [-0.2, 0) is 16.0 Å². The van der Waals surface area contributed by atoms with Gasteiger partial charge in [-0.3, -0.25) is 4.79 Å². The minimum absolute atomic E-state index is 0.120. The maximum absolute atomic E-state index is 11.8. The van der Waals surface area contributed by atoms with Crippen molar-refractivity contribution in [2.24, 2.45) is 0 Å². The van der Waals surface area contributed by atoms with Crippen molar-refractivity contribution in [2.75, 3.05) is 13.2 Å². The number of aromatic hydroxyl groups is 2. The average Bonchev–Trinajstić information content (AvgIpc) is 3.02. The highest BCUT2D eigenvalue weighted by Crippen LogP contribution is 2.23. The maximum Gasteiger partial charge on any atom is 0.342 e. The molecule has 0 fully saturated rings. The first-order valence-electron chi connectivity index (χ1n) is 7.83. The lowest BCUT2D eigenvalue weighted by molar-refractivity contribution is -0.124. The zero-order valence-electron chi connectivity index (χ0n) is 13.6. The van der Waals surface area contributed by atoms with Crippen LogP contribution >= 0.6 is 11.3 Å². The summed E-state index contributed by atoms with van der Waals surface area (Å²) in [7, 11) is 0. The number of aromatic nitrogens is 1. The lowest BCUT2D eigenvalue weighted by atomic mass is 10.2. The molecule has 0 saturated carbocycles. The summed E-state index contributed by atoms with van der Waals surface area (Å²) in [6, 6.07) is 11.3. The maximum atomic E-state index is 11.8. The van der Waals surface area contributed by atoms with Gasteiger partial charge in [-0.1, -0.05) is 12.1 Å². The Hall–Kier alpha value is -3.13. The van der Waals surface area contributed by atoms with Gasteiger partial charge in [-0.2, -0.15) is 0 Å². The first kappa shape index (κ1) is 17.7. The van der Waals surface area contributed by atoms with Crippen LogP contribution in [0.1, 0.15) is 15.4 Å². The predicted octanol–water partition coefficient (Wildman–Crippen LogP) is 2.22. The van der Waals surface area contributed by atoms with Gasteiger partial charge < -0.3 is 20.3 Å². The van der Waals surface area contributed by atoms with E-state index in [9.17, 15) is 19.8 Å². The van der Waals surface area contributed by atoms with Crippen molar-refractivity contribution in [2.45, 2.75) is 6.42 Å². The van der Waals surface area contributed by atoms with Crippen LogP contribution < -0.4 is 5.32 Å². The number of nitrogens with zero attached hydrogens (tertiary/aromatic N) is 1. The fourth-order valence-corrected chi connectivity index (χ4v) is 3.26. The Morgan fingerprint density at radius 3 is 2.73 bits per heavy atom. The molecule has 7 nitrogen and oxygen atoms in total. The lowest BCUT2D eigenvalue weighted by Crippen LogP contribution is -2.30. The van der Waals surface area contributed by atoms with Crippen LogP contribution in [0.2, 0.25) is 0 Å². The van der Waals surface area contributed by atoms with Gasteiger partial charge in [0.15, 0.2) is 6.61 Å². The third-order valence-electron chi connectivity index (χ3n) is 3.53. The third-order valence-corrected chi connectivity index (χ3v) is 4.63. The zero-order chi connectivity index (χ0) is 18.5. The second-order valence-electron chi connectivity index (χ2n) is 5.45. The van der Waals surface area contributed by atoms with Crippen molar-refractivity contribution in [1.82, 2.24) is 10.3 Å². The van der Waals surface area contributed by atoms with E-state index in [1.54, 1.807) is 11.3 Å². The van der Waals surface area contributed by atoms with Crippen molar-refractivity contribution in [1.29, 1.82) is 0 Å². The largest absolute Gasteiger partial charge is 0.508 e. The minimum Gasteiger partial charge on any atom is -0.508 e. The lowest BCUT2D eigenvalue weighted by Gasteiger charge is -2.07. The first-order chi connectivity index (χ1) is 12.5. The topological polar surface area (TPSA) is 109 Å². The monoisotopic (exact) mass is 372 g/mol. The number of para-hydroxylation sites is 1. The molecule has 0 atom stereocenters. The van der Waals surface area contributed by atoms with Crippen LogP contribution in [0.4, 0.5) is 0 Å². The highest BCUT2D eigenvalue weighted by atomic mass is 32.1. The molecule has 134 valence electrons. The number of nitrogens with one attached hydrogen (secondary N) is 1. The van der Waals surface area contributed by atoms with Crippen LogP contribution in [0.3, 0.4) is 0 Å². The summed E-state index contributed by atoms with van der Waals surface area (Å²) in [6.07, 6.45) is 0.581. The summed E-state index contributed by atoms with van der Waals surface area (Å²) in [5.41, 5.74) is 0.812. The summed E-state index contributed by atoms with van der Waals surface area (Å²) in [5, 5.41) is 22.3. The van der Waals surface area contributed by atoms with E-state index in [2.05, 4.69) is 10.3 Å². The molecule has 3 rings (SSSR count). The molecule has 0 saturated heterocycles. The van der Waals surface area contributed by atoms with Gasteiger partial charge >= 0.3 is 5.97 Å². The Labute approximate surface area is 152 Å². The molecule has 1 aromatic heterocycles. The van der Waals surface area contributed by atoms with Crippen molar-refractivity contribution in [3.05, 3.63) is 53.0 Å². The molecule has 0 unspecified atom stereocenters. The Balaban J connectivity index is 1.44. The highest BCUT2D eigenvalue weighted by Gasteiger charge is 2.15. The number of fused-ring (bicyclic) bond motifs is 1. The number of ether oxygens (including phenoxy) is 1. The number of phenols is 2. The second-order valence-corrected chi connectivity index (χ2v) is 6.57. The summed E-state index contributed by atoms with van der Waals surface area (Å²) in [4.78, 5) is 28.1. The normalized spacial score (nSPS) is 10.6. The fraction of sp³-hybridized carbons (Fsp3) is 0.167. The van der Waals surface area contributed by atoms with Crippen molar-refractivity contribution in [3.63, 3.8) is 0 Å². The number of carbonyl (C=O) groups is 2. The zero-order valence-corrected chi connectivity index (χ0v) is 14.5. The summed E-state index contributed by atoms with van der Waals surface area (Å²) in [5.74, 6) is -1.88. The smallest absolute Gasteiger partial charge is 0.342 e. The van der Waals surface area contributed by atoms with E-state index in [0.29, 0.717) is 13.0 Å². The number of amides is 1. The van der Waals surface area contributed by atoms with Gasteiger partial charge in [-0.15, -0.1) is 11.3 Å². The molecule has 2 aromatic carbocycles. The molecule has 0 radical (unpaired) electrons. The second kappa shape index (κ2) is 7.83. The summed E-state index contributed by atoms with van der Waals surface area (Å²) in [6.45, 7) is -0.0837. The van der Waals surface area contributed by atoms with Crippen LogP contribution in [0.15, 0.2) is 42.5 Å². The quantitative estimate of drug-likeness (QED) is 0.573. The van der Waals surface area contributed by atoms with E-state index < -0.39 is 24.2 Å². The molecular formula is C18H16N2O5S. The number of hydrogen-bond acceptors (Lipinski definition) is 7. The molecule has 1 heterocycles. The molecule has 0 aliphatic rings. The average molecular weight is 372 g/mol. The molecule has 3 N–H and O–H groups in total. The van der Waals surface area contributed by atoms with Crippen molar-refractivity contribution in [3.8, 4) is 11.5 Å². The Kier molecular flexibility index (Phi) is 5.33. The van der Waals surface area contributed by atoms with E-state index in [1.807, 2.05) is 24.3 Å². The van der Waals surface area contributed by atoms with Gasteiger partial charge in [-0.25, -0.2) is 9.78 Å². The molecule has 0 bridgehead atoms. The molecule has 0 spiro atoms. The first-order valence-corrected chi connectivity index (χ1v) is 8.65. The van der Waals surface area contributed by atoms with E-state index in [1.165, 1.54) is 12.1 Å². The molecule has 0 aliphatic carbocycles. The number of esters is 1. The van der Waals surface area contributed by atoms with Gasteiger partial charge in [0.25, 0.3) is 5.91 Å². The number of thiazole rings is 1. The fourth-order valence-electron chi connectivity index (χ4n) is 2.29. The number of carbonyl (C=O) groups excluding carboxylic acids is 2. The van der Waals surface area contributed by atoms with E-state index in [4.69, 9.17) is 4.74 Å². The van der Waals surface area contributed by atoms with Gasteiger partial charge in [0.05, 0.1) is 15.2 Å². The molecule has 1 amide bonds. The van der Waals surface area contributed by atoms with Gasteiger partial charge in [0.2, 0.25) is 0 Å². The summed E-state index contributed by atoms with van der Waals surface area (Å²) < 4.78 is 5.95. The number of hydrogen-bond donors (Lipinski definition) is 3. The van der Waals surface area contributed by atoms with Gasteiger partial charge in [-0.05, 0) is 24.3 Å². The van der Waals surface area contributed by atoms with Crippen LogP contribution in [0.25, 0.3) is 10.2 Å². The van der Waals surface area contributed by atoms with E-state index in [-0.39, 0.29) is 11.3 Å². The predicted molar refractivity (Wildman–Crippen MR) is 96.4 cm³/mol. The Morgan fingerprint density at radius 1 is 1.15 bits per heavy atom. The highest BCUT2D eigenvalue weighted by molar-refractivity contribution is 7.18. The number of benzene rings is 2. The minimum atomic E-state index is -0.844. The molecule has 26 heavy (non-hydrogen) atoms. The standard InChI is InChI=1S/C18H16N2O5S/c21-11-5-6-12(14(22)9-11)18(24)25-10-16(23)19-8-7-17-20-13-3-1-2-4-15(13)26-17/h1-6,9,21-22H,7-8,10H2,(H,19,23). The summed E-state index contributed by atoms with van der Waals surface area (Å²) >= 11 is 1.57. The third kappa shape index (κ3) is 4.28. The van der Waals surface area contributed by atoms with Crippen LogP contribution in [0.5, 0.6) is 11.5 Å². The Morgan fingerprint density at radius 2 is 1.96 bits per heavy atom. The van der Waals surface area contributed by atoms with Crippen molar-refractivity contribution < 1.29 is 24.5 Å². The number of phenolic OH excluding ortho intramolecular Hbond substituents is 2. The van der Waals surface area contributed by atoms with Crippen molar-refractivity contribution >= 4 is 33.4 Å². The van der Waals surface area contributed by atoms with Gasteiger partial charge in [0, 0.05) is 19.0 Å². The van der Waals surface area contributed by atoms with E-state index in [0.717, 1.165) is 21.3 Å².